The van der Waals surface area contributed by atoms with Crippen LogP contribution in [0.25, 0.3) is 0 Å². The fraction of sp³-hybridized carbons (Fsp3) is 0.562. The fourth-order valence-corrected chi connectivity index (χ4v) is 2.43. The van der Waals surface area contributed by atoms with Gasteiger partial charge in [0.25, 0.3) is 0 Å². The quantitative estimate of drug-likeness (QED) is 0.836. The van der Waals surface area contributed by atoms with Gasteiger partial charge in [-0.05, 0) is 24.6 Å². The van der Waals surface area contributed by atoms with Gasteiger partial charge < -0.3 is 15.0 Å². The van der Waals surface area contributed by atoms with Crippen LogP contribution in [0.15, 0.2) is 30.3 Å². The number of benzene rings is 1. The number of methoxy groups -OCH3 is 1. The maximum Gasteiger partial charge on any atom is 0.226 e. The van der Waals surface area contributed by atoms with Gasteiger partial charge in [-0.1, -0.05) is 37.3 Å². The number of carbonyl (C=O) groups excluding carboxylic acids is 1. The van der Waals surface area contributed by atoms with E-state index in [0.717, 1.165) is 18.7 Å². The maximum atomic E-state index is 12.6. The van der Waals surface area contributed by atoms with E-state index in [1.807, 2.05) is 30.0 Å². The highest BCUT2D eigenvalue weighted by Crippen LogP contribution is 2.19. The van der Waals surface area contributed by atoms with E-state index < -0.39 is 0 Å². The molecule has 0 saturated carbocycles. The van der Waals surface area contributed by atoms with Crippen LogP contribution in [0.2, 0.25) is 0 Å². The zero-order valence-electron chi connectivity index (χ0n) is 12.7. The molecule has 1 saturated heterocycles. The van der Waals surface area contributed by atoms with Crippen LogP contribution in [0, 0.1) is 11.8 Å². The Balaban J connectivity index is 0.00000220. The molecule has 1 aliphatic rings. The van der Waals surface area contributed by atoms with Crippen molar-refractivity contribution in [1.82, 2.24) is 10.2 Å². The number of amides is 1. The number of nitrogens with one attached hydrogen (secondary N) is 1. The van der Waals surface area contributed by atoms with Crippen LogP contribution < -0.4 is 5.32 Å². The van der Waals surface area contributed by atoms with Crippen molar-refractivity contribution in [2.24, 2.45) is 11.8 Å². The SMILES string of the molecule is COCCN(Cc1ccccc1)C(=O)C(C)C1CNC1.Cl. The molecule has 0 radical (unpaired) electrons. The van der Waals surface area contributed by atoms with Gasteiger partial charge in [-0.2, -0.15) is 0 Å². The predicted octanol–water partition coefficient (Wildman–Crippen LogP) is 1.94. The van der Waals surface area contributed by atoms with E-state index in [0.29, 0.717) is 25.6 Å². The molecule has 1 unspecified atom stereocenters. The van der Waals surface area contributed by atoms with Crippen LogP contribution in [0.4, 0.5) is 0 Å². The van der Waals surface area contributed by atoms with E-state index in [1.165, 1.54) is 0 Å². The first-order valence-corrected chi connectivity index (χ1v) is 7.24. The third-order valence-corrected chi connectivity index (χ3v) is 4.00. The minimum absolute atomic E-state index is 0. The van der Waals surface area contributed by atoms with Crippen LogP contribution in [0.3, 0.4) is 0 Å². The average Bonchev–Trinajstić information content (AvgIpc) is 2.42. The second kappa shape index (κ2) is 9.03. The van der Waals surface area contributed by atoms with Crippen LogP contribution in [0.5, 0.6) is 0 Å². The Labute approximate surface area is 133 Å². The summed E-state index contributed by atoms with van der Waals surface area (Å²) in [5.74, 6) is 0.789. The number of rotatable bonds is 7. The van der Waals surface area contributed by atoms with E-state index in [-0.39, 0.29) is 24.2 Å². The smallest absolute Gasteiger partial charge is 0.226 e. The number of hydrogen-bond acceptors (Lipinski definition) is 3. The molecule has 1 aromatic carbocycles. The molecule has 5 heteroatoms. The highest BCUT2D eigenvalue weighted by atomic mass is 35.5. The molecule has 0 bridgehead atoms. The standard InChI is InChI=1S/C16H24N2O2.ClH/c1-13(15-10-17-11-15)16(19)18(8-9-20-2)12-14-6-4-3-5-7-14;/h3-7,13,15,17H,8-12H2,1-2H3;1H. The van der Waals surface area contributed by atoms with Crippen LogP contribution in [0.1, 0.15) is 12.5 Å². The molecule has 4 nitrogen and oxygen atoms in total. The van der Waals surface area contributed by atoms with Crippen molar-refractivity contribution >= 4 is 18.3 Å². The van der Waals surface area contributed by atoms with Gasteiger partial charge in [-0.15, -0.1) is 12.4 Å². The number of hydrogen-bond donors (Lipinski definition) is 1. The molecule has 1 N–H and O–H groups in total. The van der Waals surface area contributed by atoms with Crippen molar-refractivity contribution in [2.75, 3.05) is 33.4 Å². The molecule has 21 heavy (non-hydrogen) atoms. The molecule has 1 heterocycles. The molecule has 1 atom stereocenters. The minimum Gasteiger partial charge on any atom is -0.383 e. The lowest BCUT2D eigenvalue weighted by atomic mass is 9.88. The molecule has 0 aliphatic carbocycles. The van der Waals surface area contributed by atoms with Gasteiger partial charge in [-0.3, -0.25) is 4.79 Å². The lowest BCUT2D eigenvalue weighted by Gasteiger charge is -2.35. The van der Waals surface area contributed by atoms with Gasteiger partial charge in [0.1, 0.15) is 0 Å². The zero-order chi connectivity index (χ0) is 14.4. The van der Waals surface area contributed by atoms with Crippen LogP contribution in [-0.2, 0) is 16.1 Å². The second-order valence-electron chi connectivity index (χ2n) is 5.45. The van der Waals surface area contributed by atoms with Crippen LogP contribution in [-0.4, -0.2) is 44.2 Å². The number of nitrogens with zero attached hydrogens (tertiary/aromatic N) is 1. The van der Waals surface area contributed by atoms with Crippen LogP contribution >= 0.6 is 12.4 Å². The molecule has 1 amide bonds. The lowest BCUT2D eigenvalue weighted by molar-refractivity contribution is -0.138. The van der Waals surface area contributed by atoms with Gasteiger partial charge in [0.2, 0.25) is 5.91 Å². The Hall–Kier alpha value is -1.10. The van der Waals surface area contributed by atoms with Gasteiger partial charge in [-0.25, -0.2) is 0 Å². The first-order valence-electron chi connectivity index (χ1n) is 7.24. The molecule has 0 spiro atoms. The van der Waals surface area contributed by atoms with Crippen molar-refractivity contribution in [3.8, 4) is 0 Å². The van der Waals surface area contributed by atoms with E-state index in [1.54, 1.807) is 7.11 Å². The molecule has 118 valence electrons. The summed E-state index contributed by atoms with van der Waals surface area (Å²) in [5.41, 5.74) is 1.16. The summed E-state index contributed by atoms with van der Waals surface area (Å²) in [7, 11) is 1.67. The maximum absolute atomic E-state index is 12.6. The summed E-state index contributed by atoms with van der Waals surface area (Å²) < 4.78 is 5.13. The van der Waals surface area contributed by atoms with Gasteiger partial charge >= 0.3 is 0 Å². The fourth-order valence-electron chi connectivity index (χ4n) is 2.43. The number of ether oxygens (including phenoxy) is 1. The van der Waals surface area contributed by atoms with E-state index in [4.69, 9.17) is 4.74 Å². The summed E-state index contributed by atoms with van der Waals surface area (Å²) in [6.07, 6.45) is 0. The molecule has 1 aromatic rings. The van der Waals surface area contributed by atoms with E-state index in [9.17, 15) is 4.79 Å². The zero-order valence-corrected chi connectivity index (χ0v) is 13.6. The van der Waals surface area contributed by atoms with E-state index >= 15 is 0 Å². The molecule has 1 fully saturated rings. The Bertz CT molecular complexity index is 424. The Kier molecular flexibility index (Phi) is 7.72. The summed E-state index contributed by atoms with van der Waals surface area (Å²) in [4.78, 5) is 14.5. The topological polar surface area (TPSA) is 41.6 Å². The van der Waals surface area contributed by atoms with Gasteiger partial charge in [0, 0.05) is 26.1 Å². The third-order valence-electron chi connectivity index (χ3n) is 4.00. The average molecular weight is 313 g/mol. The van der Waals surface area contributed by atoms with Gasteiger partial charge in [0.15, 0.2) is 0 Å². The highest BCUT2D eigenvalue weighted by molar-refractivity contribution is 5.85. The monoisotopic (exact) mass is 312 g/mol. The second-order valence-corrected chi connectivity index (χ2v) is 5.45. The summed E-state index contributed by atoms with van der Waals surface area (Å²) in [6, 6.07) is 10.1. The molecule has 0 aromatic heterocycles. The largest absolute Gasteiger partial charge is 0.383 e. The summed E-state index contributed by atoms with van der Waals surface area (Å²) in [5, 5.41) is 3.23. The predicted molar refractivity (Wildman–Crippen MR) is 86.5 cm³/mol. The Morgan fingerprint density at radius 1 is 1.38 bits per heavy atom. The van der Waals surface area contributed by atoms with E-state index in [2.05, 4.69) is 17.4 Å². The third kappa shape index (κ3) is 4.99. The van der Waals surface area contributed by atoms with Crippen molar-refractivity contribution < 1.29 is 9.53 Å². The molecule has 1 aliphatic heterocycles. The first-order chi connectivity index (χ1) is 9.72. The number of halogens is 1. The van der Waals surface area contributed by atoms with Crippen molar-refractivity contribution in [3.05, 3.63) is 35.9 Å². The molecule has 2 rings (SSSR count). The van der Waals surface area contributed by atoms with Crippen molar-refractivity contribution in [1.29, 1.82) is 0 Å². The minimum atomic E-state index is 0. The lowest BCUT2D eigenvalue weighted by Crippen LogP contribution is -2.50. The van der Waals surface area contributed by atoms with Crippen molar-refractivity contribution in [2.45, 2.75) is 13.5 Å². The first kappa shape index (κ1) is 18.0. The summed E-state index contributed by atoms with van der Waals surface area (Å²) in [6.45, 7) is 5.84. The highest BCUT2D eigenvalue weighted by Gasteiger charge is 2.31. The van der Waals surface area contributed by atoms with Gasteiger partial charge in [0.05, 0.1) is 6.61 Å². The Morgan fingerprint density at radius 3 is 2.57 bits per heavy atom. The molecular weight excluding hydrogens is 288 g/mol. The van der Waals surface area contributed by atoms with Crippen molar-refractivity contribution in [3.63, 3.8) is 0 Å². The molecular formula is C16H25ClN2O2. The summed E-state index contributed by atoms with van der Waals surface area (Å²) >= 11 is 0. The number of carbonyl (C=O) groups is 1. The normalized spacial score (nSPS) is 15.7. The Morgan fingerprint density at radius 2 is 2.05 bits per heavy atom.